The molecule has 0 bridgehead atoms. The molecule has 1 saturated heterocycles. The number of carbonyl (C=O) groups is 2. The van der Waals surface area contributed by atoms with Crippen molar-refractivity contribution in [3.8, 4) is 0 Å². The summed E-state index contributed by atoms with van der Waals surface area (Å²) in [7, 11) is 0. The number of aryl methyl sites for hydroxylation is 3. The maximum atomic E-state index is 13.1. The van der Waals surface area contributed by atoms with Gasteiger partial charge in [0.2, 0.25) is 0 Å². The van der Waals surface area contributed by atoms with Crippen LogP contribution in [0.3, 0.4) is 0 Å². The summed E-state index contributed by atoms with van der Waals surface area (Å²) in [6.07, 6.45) is 3.02. The molecule has 3 heterocycles. The van der Waals surface area contributed by atoms with Gasteiger partial charge in [-0.1, -0.05) is 6.07 Å². The van der Waals surface area contributed by atoms with E-state index >= 15 is 0 Å². The summed E-state index contributed by atoms with van der Waals surface area (Å²) >= 11 is 0. The Morgan fingerprint density at radius 2 is 1.81 bits per heavy atom. The highest BCUT2D eigenvalue weighted by Gasteiger charge is 2.29. The van der Waals surface area contributed by atoms with E-state index in [0.717, 1.165) is 35.5 Å². The third-order valence-corrected chi connectivity index (χ3v) is 5.97. The van der Waals surface area contributed by atoms with E-state index in [2.05, 4.69) is 5.32 Å². The molecule has 31 heavy (non-hydrogen) atoms. The zero-order valence-corrected chi connectivity index (χ0v) is 18.1. The number of furan rings is 1. The van der Waals surface area contributed by atoms with Crippen LogP contribution in [0.1, 0.15) is 62.2 Å². The zero-order chi connectivity index (χ0) is 22.0. The van der Waals surface area contributed by atoms with Crippen molar-refractivity contribution < 1.29 is 14.0 Å². The van der Waals surface area contributed by atoms with Crippen LogP contribution in [0.4, 0.5) is 5.69 Å². The average molecular weight is 418 g/mol. The van der Waals surface area contributed by atoms with Gasteiger partial charge in [0.25, 0.3) is 11.8 Å². The van der Waals surface area contributed by atoms with E-state index in [-0.39, 0.29) is 17.7 Å². The van der Waals surface area contributed by atoms with E-state index in [0.29, 0.717) is 24.4 Å². The molecule has 160 valence electrons. The lowest BCUT2D eigenvalue weighted by atomic mass is 9.89. The van der Waals surface area contributed by atoms with E-state index in [4.69, 9.17) is 9.40 Å². The molecule has 6 heteroatoms. The highest BCUT2D eigenvalue weighted by Crippen LogP contribution is 2.30. The topological polar surface area (TPSA) is 75.4 Å². The summed E-state index contributed by atoms with van der Waals surface area (Å²) in [5.41, 5.74) is 5.39. The molecule has 0 aliphatic carbocycles. The number of rotatable bonds is 4. The Morgan fingerprint density at radius 3 is 2.48 bits per heavy atom. The molecule has 0 unspecified atom stereocenters. The minimum atomic E-state index is -0.153. The largest absolute Gasteiger partial charge is 0.459 e. The second-order valence-corrected chi connectivity index (χ2v) is 8.18. The fraction of sp³-hybridized carbons (Fsp3) is 0.320. The normalized spacial score (nSPS) is 14.5. The number of nitrogens with zero attached hydrogens (tertiary/aromatic N) is 2. The number of amides is 2. The predicted molar refractivity (Wildman–Crippen MR) is 119 cm³/mol. The van der Waals surface area contributed by atoms with Crippen molar-refractivity contribution in [2.45, 2.75) is 39.5 Å². The molecule has 1 N–H and O–H groups in total. The fourth-order valence-corrected chi connectivity index (χ4v) is 4.01. The molecule has 0 atom stereocenters. The van der Waals surface area contributed by atoms with Crippen molar-refractivity contribution in [1.82, 2.24) is 9.88 Å². The van der Waals surface area contributed by atoms with Crippen LogP contribution in [0.2, 0.25) is 0 Å². The predicted octanol–water partition coefficient (Wildman–Crippen LogP) is 4.87. The molecule has 1 aliphatic rings. The van der Waals surface area contributed by atoms with Gasteiger partial charge in [-0.15, -0.1) is 0 Å². The molecule has 6 nitrogen and oxygen atoms in total. The van der Waals surface area contributed by atoms with Gasteiger partial charge in [-0.3, -0.25) is 14.6 Å². The summed E-state index contributed by atoms with van der Waals surface area (Å²) in [5, 5.41) is 3.01. The number of aromatic nitrogens is 1. The Bertz CT molecular complexity index is 1100. The summed E-state index contributed by atoms with van der Waals surface area (Å²) in [6.45, 7) is 7.23. The molecule has 0 spiro atoms. The van der Waals surface area contributed by atoms with Gasteiger partial charge in [-0.25, -0.2) is 0 Å². The van der Waals surface area contributed by atoms with Crippen LogP contribution in [0.15, 0.2) is 53.1 Å². The Morgan fingerprint density at radius 1 is 1.03 bits per heavy atom. The number of hydrogen-bond acceptors (Lipinski definition) is 4. The summed E-state index contributed by atoms with van der Waals surface area (Å²) < 4.78 is 5.24. The number of carbonyl (C=O) groups excluding carboxylic acids is 2. The van der Waals surface area contributed by atoms with Crippen molar-refractivity contribution in [3.63, 3.8) is 0 Å². The first-order valence-electron chi connectivity index (χ1n) is 10.6. The van der Waals surface area contributed by atoms with Gasteiger partial charge in [0.05, 0.1) is 17.5 Å². The number of anilines is 1. The number of likely N-dealkylation sites (tertiary alicyclic amines) is 1. The Hall–Kier alpha value is -3.41. The second-order valence-electron chi connectivity index (χ2n) is 8.18. The first kappa shape index (κ1) is 20.8. The quantitative estimate of drug-likeness (QED) is 0.657. The standard InChI is InChI=1S/C25H27N3O3/c1-16-6-8-20(15-17(16)2)27-24(29)21-9-7-18(3)26-23(21)19-10-12-28(13-11-19)25(30)22-5-4-14-31-22/h4-9,14-15,19H,10-13H2,1-3H3,(H,27,29). The minimum Gasteiger partial charge on any atom is -0.459 e. The van der Waals surface area contributed by atoms with Crippen molar-refractivity contribution in [3.05, 3.63) is 82.6 Å². The lowest BCUT2D eigenvalue weighted by molar-refractivity contribution is 0.0679. The second kappa shape index (κ2) is 8.76. The van der Waals surface area contributed by atoms with Gasteiger partial charge >= 0.3 is 0 Å². The minimum absolute atomic E-state index is 0.0895. The molecule has 0 radical (unpaired) electrons. The number of pyridine rings is 1. The Balaban J connectivity index is 1.50. The molecule has 2 aromatic heterocycles. The number of benzene rings is 1. The van der Waals surface area contributed by atoms with Crippen molar-refractivity contribution in [1.29, 1.82) is 0 Å². The SMILES string of the molecule is Cc1ccc(C(=O)Nc2ccc(C)c(C)c2)c(C2CCN(C(=O)c3ccco3)CC2)n1. The summed E-state index contributed by atoms with van der Waals surface area (Å²) in [4.78, 5) is 32.2. The van der Waals surface area contributed by atoms with Gasteiger partial charge in [-0.05, 0) is 81.1 Å². The van der Waals surface area contributed by atoms with Crippen LogP contribution in [0.25, 0.3) is 0 Å². The number of hydrogen-bond donors (Lipinski definition) is 1. The molecule has 2 amide bonds. The monoisotopic (exact) mass is 417 g/mol. The van der Waals surface area contributed by atoms with E-state index in [1.54, 1.807) is 17.0 Å². The van der Waals surface area contributed by atoms with E-state index in [1.807, 2.05) is 51.1 Å². The zero-order valence-electron chi connectivity index (χ0n) is 18.1. The van der Waals surface area contributed by atoms with Gasteiger partial charge in [0.15, 0.2) is 5.76 Å². The average Bonchev–Trinajstić information content (AvgIpc) is 3.31. The molecule has 0 saturated carbocycles. The molecule has 3 aromatic rings. The fourth-order valence-electron chi connectivity index (χ4n) is 4.01. The van der Waals surface area contributed by atoms with E-state index in [9.17, 15) is 9.59 Å². The summed E-state index contributed by atoms with van der Waals surface area (Å²) in [5.74, 6) is 0.245. The van der Waals surface area contributed by atoms with Crippen molar-refractivity contribution >= 4 is 17.5 Å². The van der Waals surface area contributed by atoms with Crippen LogP contribution in [-0.2, 0) is 0 Å². The smallest absolute Gasteiger partial charge is 0.289 e. The highest BCUT2D eigenvalue weighted by atomic mass is 16.3. The Kier molecular flexibility index (Phi) is 5.89. The molecular formula is C25H27N3O3. The Labute approximate surface area is 182 Å². The lowest BCUT2D eigenvalue weighted by Gasteiger charge is -2.32. The molecule has 1 fully saturated rings. The highest BCUT2D eigenvalue weighted by molar-refractivity contribution is 6.05. The number of piperidine rings is 1. The molecule has 1 aromatic carbocycles. The van der Waals surface area contributed by atoms with Gasteiger partial charge in [-0.2, -0.15) is 0 Å². The first-order valence-corrected chi connectivity index (χ1v) is 10.6. The first-order chi connectivity index (χ1) is 14.9. The molecule has 4 rings (SSSR count). The van der Waals surface area contributed by atoms with Gasteiger partial charge in [0, 0.05) is 30.4 Å². The van der Waals surface area contributed by atoms with Crippen LogP contribution in [-0.4, -0.2) is 34.8 Å². The third-order valence-electron chi connectivity index (χ3n) is 5.97. The van der Waals surface area contributed by atoms with E-state index < -0.39 is 0 Å². The maximum Gasteiger partial charge on any atom is 0.289 e. The van der Waals surface area contributed by atoms with E-state index in [1.165, 1.54) is 11.8 Å². The van der Waals surface area contributed by atoms with Crippen molar-refractivity contribution in [2.24, 2.45) is 0 Å². The molecular weight excluding hydrogens is 390 g/mol. The third kappa shape index (κ3) is 4.53. The number of nitrogens with one attached hydrogen (secondary N) is 1. The van der Waals surface area contributed by atoms with Crippen molar-refractivity contribution in [2.75, 3.05) is 18.4 Å². The summed E-state index contributed by atoms with van der Waals surface area (Å²) in [6, 6.07) is 13.0. The van der Waals surface area contributed by atoms with Crippen LogP contribution < -0.4 is 5.32 Å². The van der Waals surface area contributed by atoms with Crippen LogP contribution in [0.5, 0.6) is 0 Å². The van der Waals surface area contributed by atoms with Crippen LogP contribution in [0, 0.1) is 20.8 Å². The van der Waals surface area contributed by atoms with Gasteiger partial charge in [0.1, 0.15) is 0 Å². The maximum absolute atomic E-state index is 13.1. The van der Waals surface area contributed by atoms with Crippen LogP contribution >= 0.6 is 0 Å². The molecule has 1 aliphatic heterocycles. The lowest BCUT2D eigenvalue weighted by Crippen LogP contribution is -2.38. The van der Waals surface area contributed by atoms with Gasteiger partial charge < -0.3 is 14.6 Å².